The van der Waals surface area contributed by atoms with Gasteiger partial charge in [0.2, 0.25) is 0 Å². The molecule has 0 nitrogen and oxygen atoms in total. The summed E-state index contributed by atoms with van der Waals surface area (Å²) in [5.74, 6) is 1.83. The summed E-state index contributed by atoms with van der Waals surface area (Å²) in [5.41, 5.74) is 6.32. The van der Waals surface area contributed by atoms with Crippen LogP contribution in [0.3, 0.4) is 0 Å². The molecule has 0 spiro atoms. The monoisotopic (exact) mass is 172 g/mol. The number of hydrogen-bond acceptors (Lipinski definition) is 0. The van der Waals surface area contributed by atoms with Crippen LogP contribution in [0.5, 0.6) is 0 Å². The van der Waals surface area contributed by atoms with Crippen molar-refractivity contribution >= 4 is 0 Å². The third kappa shape index (κ3) is 0.919. The van der Waals surface area contributed by atoms with Crippen molar-refractivity contribution in [2.24, 2.45) is 0 Å². The Balaban J connectivity index is 2.22. The van der Waals surface area contributed by atoms with Crippen LogP contribution in [0.1, 0.15) is 53.4 Å². The summed E-state index contributed by atoms with van der Waals surface area (Å²) in [6.07, 6.45) is 4.33. The average Bonchev–Trinajstić information content (AvgIpc) is 2.67. The van der Waals surface area contributed by atoms with Gasteiger partial charge in [0.1, 0.15) is 0 Å². The molecule has 2 aliphatic carbocycles. The first-order valence-electron chi connectivity index (χ1n) is 5.37. The molecule has 0 heteroatoms. The minimum absolute atomic E-state index is 0.916. The highest BCUT2D eigenvalue weighted by molar-refractivity contribution is 5.46. The van der Waals surface area contributed by atoms with Crippen LogP contribution in [0.15, 0.2) is 12.1 Å². The molecule has 0 aliphatic heterocycles. The summed E-state index contributed by atoms with van der Waals surface area (Å²) in [6.45, 7) is 4.48. The van der Waals surface area contributed by atoms with Crippen LogP contribution in [0.25, 0.3) is 0 Å². The highest BCUT2D eigenvalue weighted by Gasteiger charge is 2.36. The van der Waals surface area contributed by atoms with Gasteiger partial charge in [0.25, 0.3) is 0 Å². The van der Waals surface area contributed by atoms with Crippen LogP contribution >= 0.6 is 0 Å². The summed E-state index contributed by atoms with van der Waals surface area (Å²) in [4.78, 5) is 0. The Kier molecular flexibility index (Phi) is 1.39. The first kappa shape index (κ1) is 7.61. The maximum Gasteiger partial charge on any atom is -0.0153 e. The van der Waals surface area contributed by atoms with Gasteiger partial charge in [-0.25, -0.2) is 0 Å². The van der Waals surface area contributed by atoms with E-state index in [1.54, 1.807) is 11.1 Å². The second-order valence-electron chi connectivity index (χ2n) is 4.77. The van der Waals surface area contributed by atoms with Crippen molar-refractivity contribution in [3.63, 3.8) is 0 Å². The second kappa shape index (κ2) is 2.37. The van der Waals surface area contributed by atoms with Crippen molar-refractivity contribution in [1.82, 2.24) is 0 Å². The van der Waals surface area contributed by atoms with E-state index in [0.29, 0.717) is 0 Å². The number of benzene rings is 1. The molecule has 1 aromatic carbocycles. The molecule has 0 unspecified atom stereocenters. The maximum absolute atomic E-state index is 2.44. The van der Waals surface area contributed by atoms with Gasteiger partial charge in [0, 0.05) is 0 Å². The molecule has 0 aromatic heterocycles. The van der Waals surface area contributed by atoms with Gasteiger partial charge in [-0.15, -0.1) is 0 Å². The zero-order chi connectivity index (χ0) is 9.00. The van der Waals surface area contributed by atoms with Crippen LogP contribution in [0.2, 0.25) is 0 Å². The summed E-state index contributed by atoms with van der Waals surface area (Å²) in [6, 6.07) is 4.88. The van der Waals surface area contributed by atoms with Crippen molar-refractivity contribution in [3.05, 3.63) is 34.4 Å². The molecule has 2 aliphatic rings. The molecule has 0 radical (unpaired) electrons. The normalized spacial score (nSPS) is 29.4. The third-order valence-electron chi connectivity index (χ3n) is 4.01. The summed E-state index contributed by atoms with van der Waals surface area (Å²) < 4.78 is 0. The number of fused-ring (bicyclic) bond motifs is 5. The molecule has 13 heavy (non-hydrogen) atoms. The maximum atomic E-state index is 2.44. The largest absolute Gasteiger partial charge is 0.0553 e. The molecule has 1 fully saturated rings. The van der Waals surface area contributed by atoms with Crippen LogP contribution in [0.4, 0.5) is 0 Å². The van der Waals surface area contributed by atoms with Gasteiger partial charge < -0.3 is 0 Å². The Morgan fingerprint density at radius 1 is 0.923 bits per heavy atom. The fourth-order valence-corrected chi connectivity index (χ4v) is 3.11. The molecular weight excluding hydrogens is 156 g/mol. The first-order valence-corrected chi connectivity index (χ1v) is 5.37. The summed E-state index contributed by atoms with van der Waals surface area (Å²) in [7, 11) is 0. The average molecular weight is 172 g/mol. The van der Waals surface area contributed by atoms with E-state index in [0.717, 1.165) is 11.8 Å². The Morgan fingerprint density at radius 3 is 1.85 bits per heavy atom. The topological polar surface area (TPSA) is 0 Å². The summed E-state index contributed by atoms with van der Waals surface area (Å²) >= 11 is 0. The predicted octanol–water partition coefficient (Wildman–Crippen LogP) is 3.67. The van der Waals surface area contributed by atoms with Gasteiger partial charge in [0.15, 0.2) is 0 Å². The van der Waals surface area contributed by atoms with Crippen molar-refractivity contribution in [2.75, 3.05) is 0 Å². The Morgan fingerprint density at radius 2 is 1.38 bits per heavy atom. The minimum Gasteiger partial charge on any atom is -0.0553 e. The molecule has 0 N–H and O–H groups in total. The van der Waals surface area contributed by atoms with E-state index in [-0.39, 0.29) is 0 Å². The number of aryl methyl sites for hydroxylation is 2. The standard InChI is InChI=1S/C13H16/c1-8-5-12-10-3-4-11(7-10)13(12)6-9(8)2/h5-6,10-11H,3-4,7H2,1-2H3/t10-,11+. The smallest absolute Gasteiger partial charge is 0.0153 e. The molecule has 3 rings (SSSR count). The zero-order valence-electron chi connectivity index (χ0n) is 8.43. The van der Waals surface area contributed by atoms with E-state index in [9.17, 15) is 0 Å². The predicted molar refractivity (Wildman–Crippen MR) is 55.2 cm³/mol. The molecular formula is C13H16. The van der Waals surface area contributed by atoms with Crippen molar-refractivity contribution in [1.29, 1.82) is 0 Å². The molecule has 0 saturated heterocycles. The molecule has 68 valence electrons. The SMILES string of the molecule is Cc1cc2c(cc1C)[C@H]1CC[C@@H]2C1. The molecule has 0 heterocycles. The Bertz CT molecular complexity index is 328. The Labute approximate surface area is 80.0 Å². The van der Waals surface area contributed by atoms with Gasteiger partial charge in [-0.05, 0) is 67.2 Å². The van der Waals surface area contributed by atoms with E-state index in [1.165, 1.54) is 30.4 Å². The second-order valence-corrected chi connectivity index (χ2v) is 4.77. The van der Waals surface area contributed by atoms with Gasteiger partial charge in [-0.2, -0.15) is 0 Å². The quantitative estimate of drug-likeness (QED) is 0.560. The van der Waals surface area contributed by atoms with E-state index in [4.69, 9.17) is 0 Å². The van der Waals surface area contributed by atoms with Crippen molar-refractivity contribution < 1.29 is 0 Å². The van der Waals surface area contributed by atoms with Gasteiger partial charge in [-0.1, -0.05) is 12.1 Å². The van der Waals surface area contributed by atoms with E-state index in [2.05, 4.69) is 26.0 Å². The zero-order valence-corrected chi connectivity index (χ0v) is 8.43. The molecule has 0 amide bonds. The first-order chi connectivity index (χ1) is 6.25. The van der Waals surface area contributed by atoms with E-state index >= 15 is 0 Å². The van der Waals surface area contributed by atoms with E-state index < -0.39 is 0 Å². The minimum atomic E-state index is 0.916. The Hall–Kier alpha value is -0.780. The lowest BCUT2D eigenvalue weighted by atomic mass is 9.89. The fourth-order valence-electron chi connectivity index (χ4n) is 3.11. The highest BCUT2D eigenvalue weighted by atomic mass is 14.4. The van der Waals surface area contributed by atoms with E-state index in [1.807, 2.05) is 0 Å². The number of hydrogen-bond donors (Lipinski definition) is 0. The molecule has 1 aromatic rings. The van der Waals surface area contributed by atoms with Crippen molar-refractivity contribution in [2.45, 2.75) is 44.9 Å². The number of rotatable bonds is 0. The summed E-state index contributed by atoms with van der Waals surface area (Å²) in [5, 5.41) is 0. The van der Waals surface area contributed by atoms with Crippen LogP contribution in [-0.4, -0.2) is 0 Å². The molecule has 1 saturated carbocycles. The van der Waals surface area contributed by atoms with Gasteiger partial charge >= 0.3 is 0 Å². The van der Waals surface area contributed by atoms with Crippen LogP contribution in [-0.2, 0) is 0 Å². The highest BCUT2D eigenvalue weighted by Crippen LogP contribution is 2.53. The molecule has 2 bridgehead atoms. The lowest BCUT2D eigenvalue weighted by molar-refractivity contribution is 0.716. The molecule has 2 atom stereocenters. The van der Waals surface area contributed by atoms with Crippen molar-refractivity contribution in [3.8, 4) is 0 Å². The fraction of sp³-hybridized carbons (Fsp3) is 0.538. The third-order valence-corrected chi connectivity index (χ3v) is 4.01. The lowest BCUT2D eigenvalue weighted by Crippen LogP contribution is -1.99. The van der Waals surface area contributed by atoms with Gasteiger partial charge in [0.05, 0.1) is 0 Å². The van der Waals surface area contributed by atoms with Crippen LogP contribution in [0, 0.1) is 13.8 Å². The van der Waals surface area contributed by atoms with Gasteiger partial charge in [-0.3, -0.25) is 0 Å². The van der Waals surface area contributed by atoms with Crippen LogP contribution < -0.4 is 0 Å². The lowest BCUT2D eigenvalue weighted by Gasteiger charge is -2.16.